The summed E-state index contributed by atoms with van der Waals surface area (Å²) in [6.45, 7) is 2.83. The Balaban J connectivity index is 1.42. The van der Waals surface area contributed by atoms with Gasteiger partial charge in [0.15, 0.2) is 0 Å². The Morgan fingerprint density at radius 1 is 1.17 bits per heavy atom. The second-order valence-electron chi connectivity index (χ2n) is 7.29. The molecule has 0 radical (unpaired) electrons. The van der Waals surface area contributed by atoms with E-state index in [1.807, 2.05) is 30.3 Å². The molecule has 0 saturated heterocycles. The molecule has 1 aliphatic rings. The van der Waals surface area contributed by atoms with Crippen molar-refractivity contribution in [3.05, 3.63) is 53.7 Å². The van der Waals surface area contributed by atoms with Gasteiger partial charge in [0, 0.05) is 23.9 Å². The average molecular weight is 393 g/mol. The highest BCUT2D eigenvalue weighted by molar-refractivity contribution is 5.94. The molecule has 0 bridgehead atoms. The fraction of sp³-hybridized carbons (Fsp3) is 0.435. The molecule has 0 spiro atoms. The van der Waals surface area contributed by atoms with E-state index >= 15 is 0 Å². The predicted octanol–water partition coefficient (Wildman–Crippen LogP) is 4.25. The first-order valence-electron chi connectivity index (χ1n) is 10.2. The van der Waals surface area contributed by atoms with Crippen LogP contribution < -0.4 is 14.8 Å². The number of carbonyl (C=O) groups excluding carboxylic acids is 1. The zero-order chi connectivity index (χ0) is 20.5. The Morgan fingerprint density at radius 3 is 2.55 bits per heavy atom. The zero-order valence-corrected chi connectivity index (χ0v) is 16.8. The number of nitrogens with zero attached hydrogens (tertiary/aromatic N) is 2. The minimum absolute atomic E-state index is 0.0526. The maximum absolute atomic E-state index is 12.5. The molecule has 1 saturated carbocycles. The van der Waals surface area contributed by atoms with Crippen LogP contribution in [-0.2, 0) is 0 Å². The van der Waals surface area contributed by atoms with Crippen LogP contribution in [0.4, 0.5) is 0 Å². The maximum atomic E-state index is 12.5. The minimum Gasteiger partial charge on any atom is -0.494 e. The molecule has 1 heterocycles. The topological polar surface area (TPSA) is 84.2 Å². The summed E-state index contributed by atoms with van der Waals surface area (Å²) < 4.78 is 11.5. The third-order valence-electron chi connectivity index (χ3n) is 5.05. The lowest BCUT2D eigenvalue weighted by Crippen LogP contribution is -2.39. The third kappa shape index (κ3) is 6.21. The number of aromatic nitrogens is 1. The predicted molar refractivity (Wildman–Crippen MR) is 110 cm³/mol. The number of benzene rings is 1. The van der Waals surface area contributed by atoms with E-state index in [2.05, 4.69) is 17.2 Å². The van der Waals surface area contributed by atoms with Crippen LogP contribution in [0.3, 0.4) is 0 Å². The molecule has 0 atom stereocenters. The van der Waals surface area contributed by atoms with Gasteiger partial charge in [-0.3, -0.25) is 4.79 Å². The second-order valence-corrected chi connectivity index (χ2v) is 7.29. The Kier molecular flexibility index (Phi) is 7.46. The van der Waals surface area contributed by atoms with Crippen LogP contribution in [0.25, 0.3) is 0 Å². The maximum Gasteiger partial charge on any atom is 0.251 e. The van der Waals surface area contributed by atoms with E-state index in [-0.39, 0.29) is 18.1 Å². The molecule has 29 heavy (non-hydrogen) atoms. The van der Waals surface area contributed by atoms with Gasteiger partial charge in [-0.25, -0.2) is 4.98 Å². The smallest absolute Gasteiger partial charge is 0.251 e. The molecule has 1 aromatic heterocycles. The van der Waals surface area contributed by atoms with Gasteiger partial charge in [0.05, 0.1) is 12.2 Å². The molecule has 1 N–H and O–H groups in total. The van der Waals surface area contributed by atoms with Gasteiger partial charge in [-0.15, -0.1) is 0 Å². The van der Waals surface area contributed by atoms with E-state index in [4.69, 9.17) is 14.7 Å². The molecule has 6 heteroatoms. The van der Waals surface area contributed by atoms with Crippen LogP contribution in [0.5, 0.6) is 11.6 Å². The number of amides is 1. The van der Waals surface area contributed by atoms with Crippen molar-refractivity contribution in [2.75, 3.05) is 6.61 Å². The van der Waals surface area contributed by atoms with Gasteiger partial charge < -0.3 is 14.8 Å². The highest BCUT2D eigenvalue weighted by Crippen LogP contribution is 2.23. The van der Waals surface area contributed by atoms with E-state index in [9.17, 15) is 4.79 Å². The van der Waals surface area contributed by atoms with E-state index < -0.39 is 0 Å². The van der Waals surface area contributed by atoms with Crippen LogP contribution in [-0.4, -0.2) is 29.6 Å². The van der Waals surface area contributed by atoms with Gasteiger partial charge >= 0.3 is 0 Å². The fourth-order valence-electron chi connectivity index (χ4n) is 3.32. The second kappa shape index (κ2) is 10.5. The molecule has 3 rings (SSSR count). The van der Waals surface area contributed by atoms with Crippen LogP contribution in [0.2, 0.25) is 0 Å². The normalized spacial score (nSPS) is 18.5. The molecular weight excluding hydrogens is 366 g/mol. The standard InChI is InChI=1S/C23H27N3O3/c1-2-3-14-28-20-9-5-18(6-10-20)23(27)26-19-7-11-21(12-8-19)29-22-13-4-17(15-24)16-25-22/h4-6,9-10,13,16,19,21H,2-3,7-8,11-12,14H2,1H3,(H,26,27). The number of hydrogen-bond donors (Lipinski definition) is 1. The van der Waals surface area contributed by atoms with E-state index in [1.165, 1.54) is 6.20 Å². The Morgan fingerprint density at radius 2 is 1.93 bits per heavy atom. The average Bonchev–Trinajstić information content (AvgIpc) is 2.76. The van der Waals surface area contributed by atoms with Crippen molar-refractivity contribution in [3.8, 4) is 17.7 Å². The highest BCUT2D eigenvalue weighted by Gasteiger charge is 2.24. The number of nitriles is 1. The molecular formula is C23H27N3O3. The summed E-state index contributed by atoms with van der Waals surface area (Å²) in [5, 5.41) is 11.9. The molecule has 2 aromatic rings. The zero-order valence-electron chi connectivity index (χ0n) is 16.8. The van der Waals surface area contributed by atoms with Crippen molar-refractivity contribution in [2.45, 2.75) is 57.6 Å². The van der Waals surface area contributed by atoms with Gasteiger partial charge in [0.1, 0.15) is 17.9 Å². The third-order valence-corrected chi connectivity index (χ3v) is 5.05. The lowest BCUT2D eigenvalue weighted by atomic mass is 9.92. The van der Waals surface area contributed by atoms with Crippen molar-refractivity contribution in [1.29, 1.82) is 5.26 Å². The molecule has 0 aliphatic heterocycles. The first-order valence-corrected chi connectivity index (χ1v) is 10.2. The number of carbonyl (C=O) groups is 1. The van der Waals surface area contributed by atoms with Gasteiger partial charge in [0.25, 0.3) is 5.91 Å². The van der Waals surface area contributed by atoms with E-state index in [0.29, 0.717) is 23.6 Å². The molecule has 152 valence electrons. The molecule has 0 unspecified atom stereocenters. The van der Waals surface area contributed by atoms with Crippen LogP contribution in [0.15, 0.2) is 42.6 Å². The van der Waals surface area contributed by atoms with Crippen LogP contribution in [0, 0.1) is 11.3 Å². The molecule has 1 aliphatic carbocycles. The number of hydrogen-bond acceptors (Lipinski definition) is 5. The van der Waals surface area contributed by atoms with Crippen LogP contribution in [0.1, 0.15) is 61.4 Å². The fourth-order valence-corrected chi connectivity index (χ4v) is 3.32. The summed E-state index contributed by atoms with van der Waals surface area (Å²) >= 11 is 0. The van der Waals surface area contributed by atoms with Crippen molar-refractivity contribution in [2.24, 2.45) is 0 Å². The Hall–Kier alpha value is -3.07. The van der Waals surface area contributed by atoms with Crippen molar-refractivity contribution < 1.29 is 14.3 Å². The lowest BCUT2D eigenvalue weighted by Gasteiger charge is -2.29. The highest BCUT2D eigenvalue weighted by atomic mass is 16.5. The van der Waals surface area contributed by atoms with Gasteiger partial charge in [-0.2, -0.15) is 5.26 Å². The molecule has 1 fully saturated rings. The monoisotopic (exact) mass is 393 g/mol. The van der Waals surface area contributed by atoms with E-state index in [1.54, 1.807) is 12.1 Å². The lowest BCUT2D eigenvalue weighted by molar-refractivity contribution is 0.0890. The van der Waals surface area contributed by atoms with Gasteiger partial charge in [-0.05, 0) is 62.4 Å². The Labute approximate surface area is 171 Å². The number of rotatable bonds is 8. The summed E-state index contributed by atoms with van der Waals surface area (Å²) in [5.41, 5.74) is 1.16. The van der Waals surface area contributed by atoms with Crippen molar-refractivity contribution in [3.63, 3.8) is 0 Å². The SMILES string of the molecule is CCCCOc1ccc(C(=O)NC2CCC(Oc3ccc(C#N)cn3)CC2)cc1. The quantitative estimate of drug-likeness (QED) is 0.678. The first kappa shape index (κ1) is 20.7. The summed E-state index contributed by atoms with van der Waals surface area (Å²) in [6.07, 6.45) is 7.17. The van der Waals surface area contributed by atoms with Gasteiger partial charge in [-0.1, -0.05) is 13.3 Å². The largest absolute Gasteiger partial charge is 0.494 e. The summed E-state index contributed by atoms with van der Waals surface area (Å²) in [4.78, 5) is 16.7. The number of unbranched alkanes of at least 4 members (excludes halogenated alkanes) is 1. The minimum atomic E-state index is -0.0526. The summed E-state index contributed by atoms with van der Waals surface area (Å²) in [7, 11) is 0. The van der Waals surface area contributed by atoms with E-state index in [0.717, 1.165) is 44.3 Å². The molecule has 1 amide bonds. The molecule has 6 nitrogen and oxygen atoms in total. The van der Waals surface area contributed by atoms with Crippen molar-refractivity contribution in [1.82, 2.24) is 10.3 Å². The number of nitrogens with one attached hydrogen (secondary N) is 1. The first-order chi connectivity index (χ1) is 14.2. The van der Waals surface area contributed by atoms with Gasteiger partial charge in [0.2, 0.25) is 5.88 Å². The summed E-state index contributed by atoms with van der Waals surface area (Å²) in [5.74, 6) is 1.28. The Bertz CT molecular complexity index is 820. The van der Waals surface area contributed by atoms with Crippen LogP contribution >= 0.6 is 0 Å². The summed E-state index contributed by atoms with van der Waals surface area (Å²) in [6, 6.07) is 12.9. The van der Waals surface area contributed by atoms with Crippen molar-refractivity contribution >= 4 is 5.91 Å². The molecule has 1 aromatic carbocycles. The number of pyridine rings is 1. The number of ether oxygens (including phenoxy) is 2.